The van der Waals surface area contributed by atoms with Crippen LogP contribution < -0.4 is 0 Å². The number of aromatic nitrogens is 3. The Bertz CT molecular complexity index is 557. The minimum Gasteiger partial charge on any atom is -0.477 e. The van der Waals surface area contributed by atoms with Crippen molar-refractivity contribution in [1.82, 2.24) is 14.7 Å². The maximum absolute atomic E-state index is 11.1. The molecule has 0 spiro atoms. The molecule has 6 nitrogen and oxygen atoms in total. The number of carboxylic acids is 1. The molecule has 0 fully saturated rings. The Morgan fingerprint density at radius 2 is 2.33 bits per heavy atom. The van der Waals surface area contributed by atoms with Crippen LogP contribution in [0, 0.1) is 6.92 Å². The zero-order valence-electron chi connectivity index (χ0n) is 10.4. The monoisotopic (exact) mass is 249 g/mol. The summed E-state index contributed by atoms with van der Waals surface area (Å²) in [5.74, 6) is 0.138. The van der Waals surface area contributed by atoms with Gasteiger partial charge in [-0.2, -0.15) is 4.98 Å². The number of carbonyl (C=O) groups is 1. The van der Waals surface area contributed by atoms with Crippen molar-refractivity contribution in [2.45, 2.75) is 33.2 Å². The highest BCUT2D eigenvalue weighted by molar-refractivity contribution is 5.87. The second-order valence-corrected chi connectivity index (χ2v) is 4.13. The summed E-state index contributed by atoms with van der Waals surface area (Å²) in [7, 11) is 0. The van der Waals surface area contributed by atoms with Gasteiger partial charge in [0, 0.05) is 12.6 Å². The van der Waals surface area contributed by atoms with Gasteiger partial charge in [-0.15, -0.1) is 0 Å². The summed E-state index contributed by atoms with van der Waals surface area (Å²) in [5.41, 5.74) is 0.983. The molecule has 0 aromatic carbocycles. The fourth-order valence-corrected chi connectivity index (χ4v) is 1.83. The quantitative estimate of drug-likeness (QED) is 0.874. The van der Waals surface area contributed by atoms with E-state index in [4.69, 9.17) is 9.63 Å². The predicted molar refractivity (Wildman–Crippen MR) is 63.5 cm³/mol. The first kappa shape index (κ1) is 12.3. The Morgan fingerprint density at radius 3 is 3.00 bits per heavy atom. The fraction of sp³-hybridized carbons (Fsp3) is 0.417. The van der Waals surface area contributed by atoms with Gasteiger partial charge in [-0.1, -0.05) is 12.1 Å². The van der Waals surface area contributed by atoms with E-state index < -0.39 is 5.97 Å². The molecule has 1 N–H and O–H groups in total. The molecule has 2 aromatic rings. The number of hydrogen-bond donors (Lipinski definition) is 1. The lowest BCUT2D eigenvalue weighted by atomic mass is 10.3. The summed E-state index contributed by atoms with van der Waals surface area (Å²) in [6.07, 6.45) is 3.39. The predicted octanol–water partition coefficient (Wildman–Crippen LogP) is 1.88. The summed E-state index contributed by atoms with van der Waals surface area (Å²) in [6, 6.07) is 1.76. The van der Waals surface area contributed by atoms with Crippen LogP contribution in [0.1, 0.15) is 41.1 Å². The van der Waals surface area contributed by atoms with E-state index >= 15 is 0 Å². The molecular weight excluding hydrogens is 234 g/mol. The van der Waals surface area contributed by atoms with E-state index in [-0.39, 0.29) is 5.69 Å². The third-order valence-electron chi connectivity index (χ3n) is 2.65. The smallest absolute Gasteiger partial charge is 0.352 e. The molecule has 0 atom stereocenters. The number of rotatable bonds is 5. The molecule has 0 aliphatic rings. The van der Waals surface area contributed by atoms with Crippen LogP contribution in [-0.4, -0.2) is 25.8 Å². The second-order valence-electron chi connectivity index (χ2n) is 4.13. The zero-order chi connectivity index (χ0) is 13.1. The van der Waals surface area contributed by atoms with Crippen molar-refractivity contribution in [2.75, 3.05) is 0 Å². The number of aromatic carboxylic acids is 1. The molecule has 6 heteroatoms. The van der Waals surface area contributed by atoms with Crippen molar-refractivity contribution in [3.8, 4) is 0 Å². The molecule has 0 aliphatic heterocycles. The van der Waals surface area contributed by atoms with Gasteiger partial charge in [-0.25, -0.2) is 4.79 Å². The van der Waals surface area contributed by atoms with E-state index in [1.165, 1.54) is 0 Å². The third-order valence-corrected chi connectivity index (χ3v) is 2.65. The maximum atomic E-state index is 11.1. The Hall–Kier alpha value is -2.11. The van der Waals surface area contributed by atoms with Crippen molar-refractivity contribution < 1.29 is 14.4 Å². The van der Waals surface area contributed by atoms with Gasteiger partial charge in [-0.3, -0.25) is 0 Å². The molecule has 96 valence electrons. The van der Waals surface area contributed by atoms with E-state index in [1.807, 2.05) is 6.92 Å². The first-order valence-electron chi connectivity index (χ1n) is 5.82. The van der Waals surface area contributed by atoms with Crippen LogP contribution in [0.2, 0.25) is 0 Å². The van der Waals surface area contributed by atoms with E-state index in [2.05, 4.69) is 10.1 Å². The molecule has 0 aliphatic carbocycles. The molecule has 2 rings (SSSR count). The lowest BCUT2D eigenvalue weighted by Crippen LogP contribution is -2.10. The highest BCUT2D eigenvalue weighted by atomic mass is 16.5. The van der Waals surface area contributed by atoms with Crippen LogP contribution in [0.5, 0.6) is 0 Å². The van der Waals surface area contributed by atoms with Gasteiger partial charge in [0.05, 0.1) is 6.54 Å². The average molecular weight is 249 g/mol. The van der Waals surface area contributed by atoms with Gasteiger partial charge in [-0.05, 0) is 25.0 Å². The number of carboxylic acid groups (broad SMARTS) is 1. The van der Waals surface area contributed by atoms with Crippen LogP contribution in [0.3, 0.4) is 0 Å². The molecule has 2 aromatic heterocycles. The molecule has 0 unspecified atom stereocenters. The summed E-state index contributed by atoms with van der Waals surface area (Å²) < 4.78 is 6.67. The van der Waals surface area contributed by atoms with E-state index in [1.54, 1.807) is 23.8 Å². The summed E-state index contributed by atoms with van der Waals surface area (Å²) in [4.78, 5) is 15.3. The molecule has 18 heavy (non-hydrogen) atoms. The first-order valence-corrected chi connectivity index (χ1v) is 5.82. The summed E-state index contributed by atoms with van der Waals surface area (Å²) >= 11 is 0. The number of aryl methyl sites for hydroxylation is 2. The highest BCUT2D eigenvalue weighted by Crippen LogP contribution is 2.12. The lowest BCUT2D eigenvalue weighted by Gasteiger charge is -2.03. The summed E-state index contributed by atoms with van der Waals surface area (Å²) in [6.45, 7) is 4.10. The van der Waals surface area contributed by atoms with Gasteiger partial charge in [0.2, 0.25) is 5.89 Å². The largest absolute Gasteiger partial charge is 0.477 e. The minimum atomic E-state index is -0.949. The molecule has 0 saturated heterocycles. The van der Waals surface area contributed by atoms with Gasteiger partial charge < -0.3 is 14.2 Å². The van der Waals surface area contributed by atoms with Gasteiger partial charge in [0.25, 0.3) is 0 Å². The van der Waals surface area contributed by atoms with Crippen LogP contribution in [0.25, 0.3) is 0 Å². The SMILES string of the molecule is CCCc1nc(Cn2ccc(C)c2C(=O)O)no1. The van der Waals surface area contributed by atoms with Gasteiger partial charge in [0.1, 0.15) is 5.69 Å². The van der Waals surface area contributed by atoms with Crippen molar-refractivity contribution in [1.29, 1.82) is 0 Å². The third kappa shape index (κ3) is 2.42. The maximum Gasteiger partial charge on any atom is 0.352 e. The van der Waals surface area contributed by atoms with Crippen molar-refractivity contribution >= 4 is 5.97 Å². The number of hydrogen-bond acceptors (Lipinski definition) is 4. The standard InChI is InChI=1S/C12H15N3O3/c1-3-4-10-13-9(14-18-10)7-15-6-5-8(2)11(15)12(16)17/h5-6H,3-4,7H2,1-2H3,(H,16,17). The molecule has 0 amide bonds. The van der Waals surface area contributed by atoms with E-state index in [0.717, 1.165) is 18.4 Å². The second kappa shape index (κ2) is 5.03. The molecule has 0 radical (unpaired) electrons. The minimum absolute atomic E-state index is 0.261. The van der Waals surface area contributed by atoms with Crippen molar-refractivity contribution in [3.63, 3.8) is 0 Å². The molecular formula is C12H15N3O3. The Kier molecular flexibility index (Phi) is 3.45. The first-order chi connectivity index (χ1) is 8.61. The Balaban J connectivity index is 2.20. The highest BCUT2D eigenvalue weighted by Gasteiger charge is 2.15. The number of nitrogens with zero attached hydrogens (tertiary/aromatic N) is 3. The van der Waals surface area contributed by atoms with E-state index in [9.17, 15) is 4.79 Å². The van der Waals surface area contributed by atoms with Gasteiger partial charge >= 0.3 is 5.97 Å². The van der Waals surface area contributed by atoms with Crippen molar-refractivity contribution in [2.24, 2.45) is 0 Å². The van der Waals surface area contributed by atoms with Gasteiger partial charge in [0.15, 0.2) is 5.82 Å². The van der Waals surface area contributed by atoms with Crippen LogP contribution >= 0.6 is 0 Å². The van der Waals surface area contributed by atoms with Crippen LogP contribution in [-0.2, 0) is 13.0 Å². The van der Waals surface area contributed by atoms with Crippen LogP contribution in [0.4, 0.5) is 0 Å². The molecule has 0 saturated carbocycles. The fourth-order valence-electron chi connectivity index (χ4n) is 1.83. The normalized spacial score (nSPS) is 10.8. The Labute approximate surface area is 104 Å². The molecule has 0 bridgehead atoms. The van der Waals surface area contributed by atoms with E-state index in [0.29, 0.717) is 18.3 Å². The average Bonchev–Trinajstić information content (AvgIpc) is 2.87. The topological polar surface area (TPSA) is 81.2 Å². The Morgan fingerprint density at radius 1 is 1.56 bits per heavy atom. The summed E-state index contributed by atoms with van der Waals surface area (Å²) in [5, 5.41) is 13.0. The lowest BCUT2D eigenvalue weighted by molar-refractivity contribution is 0.0684. The van der Waals surface area contributed by atoms with Crippen molar-refractivity contribution in [3.05, 3.63) is 35.2 Å². The van der Waals surface area contributed by atoms with Crippen LogP contribution in [0.15, 0.2) is 16.8 Å². The molecule has 2 heterocycles. The zero-order valence-corrected chi connectivity index (χ0v) is 10.4.